The number of esters is 1. The summed E-state index contributed by atoms with van der Waals surface area (Å²) in [6, 6.07) is 39.2. The molecule has 11 heteroatoms. The third-order valence-electron chi connectivity index (χ3n) is 9.29. The van der Waals surface area contributed by atoms with E-state index in [1.165, 1.54) is 58.2 Å². The number of hydrogen-bond acceptors (Lipinski definition) is 3. The van der Waals surface area contributed by atoms with Crippen LogP contribution in [-0.2, 0) is 12.0 Å². The van der Waals surface area contributed by atoms with Gasteiger partial charge in [0.15, 0.2) is 12.3 Å². The summed E-state index contributed by atoms with van der Waals surface area (Å²) < 4.78 is 57.5. The van der Waals surface area contributed by atoms with Gasteiger partial charge >= 0.3 is 40.3 Å². The van der Waals surface area contributed by atoms with Gasteiger partial charge in [0.1, 0.15) is 5.75 Å². The van der Waals surface area contributed by atoms with E-state index in [-0.39, 0.29) is 16.1 Å². The predicted octanol–water partition coefficient (Wildman–Crippen LogP) is 8.06. The monoisotopic (exact) mass is 826 g/mol. The molecule has 0 atom stereocenters. The van der Waals surface area contributed by atoms with Crippen LogP contribution in [0.1, 0.15) is 60.2 Å². The Morgan fingerprint density at radius 3 is 2.04 bits per heavy atom. The van der Waals surface area contributed by atoms with E-state index in [9.17, 15) is 18.9 Å². The van der Waals surface area contributed by atoms with Crippen LogP contribution in [0.5, 0.6) is 5.75 Å². The molecule has 1 fully saturated rings. The molecule has 0 aliphatic carbocycles. The van der Waals surface area contributed by atoms with Crippen molar-refractivity contribution in [3.63, 3.8) is 0 Å². The molecule has 0 unspecified atom stereocenters. The van der Waals surface area contributed by atoms with Crippen LogP contribution in [0.2, 0.25) is 0 Å². The molecule has 2 heterocycles. The summed E-state index contributed by atoms with van der Waals surface area (Å²) in [5, 5.41) is 2.54. The van der Waals surface area contributed by atoms with Gasteiger partial charge in [-0.1, -0.05) is 66.7 Å². The van der Waals surface area contributed by atoms with Crippen molar-refractivity contribution in [1.82, 2.24) is 0 Å². The van der Waals surface area contributed by atoms with Gasteiger partial charge in [-0.3, -0.25) is 0 Å². The molecular weight excluding hydrogens is 788 g/mol. The maximum absolute atomic E-state index is 12.8. The third-order valence-corrected chi connectivity index (χ3v) is 9.29. The zero-order valence-corrected chi connectivity index (χ0v) is 31.3. The van der Waals surface area contributed by atoms with Gasteiger partial charge < -0.3 is 14.3 Å². The number of allylic oxidation sites excluding steroid dienone is 1. The van der Waals surface area contributed by atoms with Crippen molar-refractivity contribution in [2.75, 3.05) is 18.0 Å². The average molecular weight is 828 g/mol. The van der Waals surface area contributed by atoms with Crippen LogP contribution in [0.25, 0.3) is 16.8 Å². The van der Waals surface area contributed by atoms with Crippen LogP contribution in [-0.4, -0.2) is 49.6 Å². The van der Waals surface area contributed by atoms with Crippen LogP contribution in [0.4, 0.5) is 25.4 Å². The van der Waals surface area contributed by atoms with Gasteiger partial charge in [0.05, 0.1) is 11.0 Å². The number of anilines is 1. The molecule has 7 rings (SSSR count). The van der Waals surface area contributed by atoms with Crippen LogP contribution in [0, 0.1) is 0 Å². The fourth-order valence-corrected chi connectivity index (χ4v) is 6.91. The molecule has 5 aromatic carbocycles. The minimum atomic E-state index is -9.19. The maximum atomic E-state index is 12.8. The summed E-state index contributed by atoms with van der Waals surface area (Å²) in [6.45, 7) is 7.66. The van der Waals surface area contributed by atoms with E-state index in [1.807, 2.05) is 42.5 Å². The zero-order chi connectivity index (χ0) is 36.3. The first-order valence-corrected chi connectivity index (χ1v) is 21.7. The topological polar surface area (TPSA) is 32.5 Å². The summed E-state index contributed by atoms with van der Waals surface area (Å²) >= 11 is -9.19. The van der Waals surface area contributed by atoms with Gasteiger partial charge in [0.25, 0.3) is 0 Å². The number of piperidine rings is 1. The first-order valence-electron chi connectivity index (χ1n) is 16.9. The second-order valence-corrected chi connectivity index (χ2v) is 16.9. The van der Waals surface area contributed by atoms with E-state index in [2.05, 4.69) is 96.1 Å². The molecule has 4 nitrogen and oxygen atoms in total. The number of rotatable bonds is 7. The van der Waals surface area contributed by atoms with Crippen molar-refractivity contribution in [2.45, 2.75) is 45.1 Å². The molecule has 0 N–H and O–H groups in total. The number of fused-ring (bicyclic) bond motifs is 3. The van der Waals surface area contributed by atoms with E-state index in [0.29, 0.717) is 17.9 Å². The Labute approximate surface area is 304 Å². The number of benzene rings is 5. The van der Waals surface area contributed by atoms with Gasteiger partial charge in [-0.2, -0.15) is 4.58 Å². The molecule has 0 bridgehead atoms. The second kappa shape index (κ2) is 15.6. The SMILES string of the molecule is CC1(C)C(/C=C/c2ccc(N3CCCCC3)cc2)=[N+](Cc2ccc(C(=O)Oc3ccccc3)cc2)c2ccc3ccccc3c21.[F-].[F][Sb]([F])([F])([F])[F]. The van der Waals surface area contributed by atoms with Crippen LogP contribution >= 0.6 is 0 Å². The molecular formula is C41H39F6N2O2Sb. The Morgan fingerprint density at radius 2 is 1.38 bits per heavy atom. The molecule has 52 heavy (non-hydrogen) atoms. The molecule has 5 aromatic rings. The van der Waals surface area contributed by atoms with Crippen LogP contribution < -0.4 is 14.3 Å². The van der Waals surface area contributed by atoms with E-state index in [4.69, 9.17) is 4.74 Å². The third kappa shape index (κ3) is 9.65. The summed E-state index contributed by atoms with van der Waals surface area (Å²) in [4.78, 5) is 15.3. The van der Waals surface area contributed by atoms with E-state index < -0.39 is 20.3 Å². The fourth-order valence-electron chi connectivity index (χ4n) is 6.91. The van der Waals surface area contributed by atoms with Gasteiger partial charge in [0.2, 0.25) is 5.69 Å². The number of ether oxygens (including phenoxy) is 1. The standard InChI is InChI=1S/C41H39N2O2.6FH.Sb/c1-41(2)38(26-19-30-17-23-34(24-18-30)42-27-9-4-10-28-42)43(37-25-22-32-11-7-8-14-36(32)39(37)41)29-31-15-20-33(21-16-31)40(44)45-35-12-5-3-6-13-35;;;;;;;/h3,5-8,11-26H,4,9-10,27-29H2,1-2H3;6*1H;/q+1;;;;;;;+5/p-6. The molecule has 0 aromatic heterocycles. The Hall–Kier alpha value is -4.56. The van der Waals surface area contributed by atoms with Crippen molar-refractivity contribution in [3.05, 3.63) is 144 Å². The van der Waals surface area contributed by atoms with Crippen molar-refractivity contribution >= 4 is 60.2 Å². The molecule has 0 saturated carbocycles. The number of para-hydroxylation sites is 1. The molecule has 272 valence electrons. The molecule has 1 saturated heterocycles. The Bertz CT molecular complexity index is 2070. The summed E-state index contributed by atoms with van der Waals surface area (Å²) in [5.41, 5.74) is 7.79. The predicted molar refractivity (Wildman–Crippen MR) is 196 cm³/mol. The average Bonchev–Trinajstić information content (AvgIpc) is 3.32. The van der Waals surface area contributed by atoms with E-state index in [0.717, 1.165) is 18.7 Å². The van der Waals surface area contributed by atoms with Crippen molar-refractivity contribution in [1.29, 1.82) is 0 Å². The molecule has 0 radical (unpaired) electrons. The minimum absolute atomic E-state index is 0. The Morgan fingerprint density at radius 1 is 0.769 bits per heavy atom. The summed E-state index contributed by atoms with van der Waals surface area (Å²) in [5.74, 6) is 0.190. The van der Waals surface area contributed by atoms with Crippen molar-refractivity contribution in [3.8, 4) is 5.75 Å². The quantitative estimate of drug-likeness (QED) is 0.0548. The van der Waals surface area contributed by atoms with Gasteiger partial charge in [0, 0.05) is 42.0 Å². The van der Waals surface area contributed by atoms with E-state index in [1.54, 1.807) is 12.1 Å². The summed E-state index contributed by atoms with van der Waals surface area (Å²) in [7, 11) is 0. The number of carbonyl (C=O) groups excluding carboxylic acids is 1. The molecule has 2 aliphatic rings. The van der Waals surface area contributed by atoms with Gasteiger partial charge in [-0.15, -0.1) is 0 Å². The molecule has 0 amide bonds. The summed E-state index contributed by atoms with van der Waals surface area (Å²) in [6.07, 6.45) is 8.45. The van der Waals surface area contributed by atoms with Crippen LogP contribution in [0.15, 0.2) is 121 Å². The van der Waals surface area contributed by atoms with E-state index >= 15 is 0 Å². The number of carbonyl (C=O) groups is 1. The number of hydrogen-bond donors (Lipinski definition) is 0. The fraction of sp³-hybridized carbons (Fsp3) is 0.220. The number of halogens is 6. The van der Waals surface area contributed by atoms with Crippen LogP contribution in [0.3, 0.4) is 0 Å². The second-order valence-electron chi connectivity index (χ2n) is 13.3. The normalized spacial score (nSPS) is 16.0. The first kappa shape index (κ1) is 38.7. The zero-order valence-electron chi connectivity index (χ0n) is 28.8. The van der Waals surface area contributed by atoms with Gasteiger partial charge in [-0.05, 0) is 98.0 Å². The molecule has 2 aliphatic heterocycles. The molecule has 0 spiro atoms. The van der Waals surface area contributed by atoms with Crippen molar-refractivity contribution < 1.29 is 32.9 Å². The number of nitrogens with zero attached hydrogens (tertiary/aromatic N) is 2. The first-order chi connectivity index (χ1) is 24.2. The Balaban J connectivity index is 0.000000690. The van der Waals surface area contributed by atoms with Crippen molar-refractivity contribution in [2.24, 2.45) is 0 Å². The Kier molecular flexibility index (Phi) is 11.6. The van der Waals surface area contributed by atoms with Gasteiger partial charge in [-0.25, -0.2) is 4.79 Å².